The predicted octanol–water partition coefficient (Wildman–Crippen LogP) is 3.98. The van der Waals surface area contributed by atoms with Crippen molar-refractivity contribution >= 4 is 11.9 Å². The summed E-state index contributed by atoms with van der Waals surface area (Å²) in [5.41, 5.74) is 2.12. The molecule has 1 aliphatic heterocycles. The largest absolute Gasteiger partial charge is 0.508 e. The Labute approximate surface area is 150 Å². The molecule has 5 nitrogen and oxygen atoms in total. The number of benzene rings is 2. The lowest BCUT2D eigenvalue weighted by molar-refractivity contribution is 0.101. The van der Waals surface area contributed by atoms with Gasteiger partial charge in [-0.2, -0.15) is 0 Å². The van der Waals surface area contributed by atoms with Crippen LogP contribution in [0.15, 0.2) is 72.8 Å². The number of rotatable bonds is 4. The van der Waals surface area contributed by atoms with E-state index in [1.165, 1.54) is 12.1 Å². The minimum Gasteiger partial charge on any atom is -0.508 e. The summed E-state index contributed by atoms with van der Waals surface area (Å²) in [4.78, 5) is 16.5. The summed E-state index contributed by atoms with van der Waals surface area (Å²) in [7, 11) is 0. The van der Waals surface area contributed by atoms with Crippen LogP contribution in [0.5, 0.6) is 17.2 Å². The van der Waals surface area contributed by atoms with Gasteiger partial charge in [-0.25, -0.2) is 0 Å². The third-order valence-electron chi connectivity index (χ3n) is 3.98. The van der Waals surface area contributed by atoms with Crippen LogP contribution >= 0.6 is 0 Å². The lowest BCUT2D eigenvalue weighted by Crippen LogP contribution is -2.00. The number of ether oxygens (including phenoxy) is 2. The number of aromatic hydroxyl groups is 1. The Morgan fingerprint density at radius 1 is 1.12 bits per heavy atom. The lowest BCUT2D eigenvalue weighted by atomic mass is 10.1. The van der Waals surface area contributed by atoms with Crippen molar-refractivity contribution in [2.75, 3.05) is 0 Å². The monoisotopic (exact) mass is 345 g/mol. The van der Waals surface area contributed by atoms with E-state index >= 15 is 0 Å². The van der Waals surface area contributed by atoms with Crippen LogP contribution in [0, 0.1) is 0 Å². The number of para-hydroxylation sites is 1. The number of aromatic nitrogens is 1. The molecule has 26 heavy (non-hydrogen) atoms. The SMILES string of the molecule is O=C1/C(=C/c2ccccc2OCc2cccnc2)Oc2cc(O)ccc21. The molecule has 0 fully saturated rings. The Morgan fingerprint density at radius 3 is 2.85 bits per heavy atom. The molecule has 5 heteroatoms. The van der Waals surface area contributed by atoms with Crippen molar-refractivity contribution in [3.8, 4) is 17.2 Å². The van der Waals surface area contributed by atoms with Gasteiger partial charge in [0.15, 0.2) is 5.76 Å². The Hall–Kier alpha value is -3.60. The zero-order valence-corrected chi connectivity index (χ0v) is 13.8. The zero-order valence-electron chi connectivity index (χ0n) is 13.8. The van der Waals surface area contributed by atoms with Crippen molar-refractivity contribution in [3.05, 3.63) is 89.4 Å². The first-order valence-electron chi connectivity index (χ1n) is 8.09. The van der Waals surface area contributed by atoms with Gasteiger partial charge in [0.25, 0.3) is 0 Å². The summed E-state index contributed by atoms with van der Waals surface area (Å²) in [6.07, 6.45) is 5.10. The second kappa shape index (κ2) is 6.72. The molecule has 0 radical (unpaired) electrons. The first-order chi connectivity index (χ1) is 12.7. The lowest BCUT2D eigenvalue weighted by Gasteiger charge is -2.09. The van der Waals surface area contributed by atoms with E-state index in [1.54, 1.807) is 24.5 Å². The number of pyridine rings is 1. The molecule has 2 heterocycles. The average Bonchev–Trinajstić information content (AvgIpc) is 2.96. The molecule has 3 aromatic rings. The fourth-order valence-electron chi connectivity index (χ4n) is 2.69. The summed E-state index contributed by atoms with van der Waals surface area (Å²) in [5, 5.41) is 9.55. The number of carbonyl (C=O) groups is 1. The van der Waals surface area contributed by atoms with Gasteiger partial charge in [0.2, 0.25) is 5.78 Å². The van der Waals surface area contributed by atoms with Crippen LogP contribution < -0.4 is 9.47 Å². The Kier molecular flexibility index (Phi) is 4.11. The number of allylic oxidation sites excluding steroid dienone is 1. The molecule has 0 atom stereocenters. The highest BCUT2D eigenvalue weighted by Gasteiger charge is 2.27. The maximum atomic E-state index is 12.5. The van der Waals surface area contributed by atoms with E-state index in [4.69, 9.17) is 9.47 Å². The number of ketones is 1. The molecule has 0 saturated carbocycles. The molecule has 128 valence electrons. The van der Waals surface area contributed by atoms with Gasteiger partial charge in [-0.3, -0.25) is 9.78 Å². The van der Waals surface area contributed by atoms with E-state index in [9.17, 15) is 9.90 Å². The number of hydrogen-bond acceptors (Lipinski definition) is 5. The molecule has 1 aromatic heterocycles. The molecular weight excluding hydrogens is 330 g/mol. The molecule has 0 unspecified atom stereocenters. The van der Waals surface area contributed by atoms with Gasteiger partial charge in [0.05, 0.1) is 5.56 Å². The van der Waals surface area contributed by atoms with Gasteiger partial charge < -0.3 is 14.6 Å². The summed E-state index contributed by atoms with van der Waals surface area (Å²) in [5.74, 6) is 1.03. The number of hydrogen-bond donors (Lipinski definition) is 1. The van der Waals surface area contributed by atoms with E-state index < -0.39 is 0 Å². The Bertz CT molecular complexity index is 996. The molecule has 0 spiro atoms. The first-order valence-corrected chi connectivity index (χ1v) is 8.09. The Morgan fingerprint density at radius 2 is 2.00 bits per heavy atom. The van der Waals surface area contributed by atoms with Gasteiger partial charge in [0, 0.05) is 29.6 Å². The Balaban J connectivity index is 1.59. The molecule has 4 rings (SSSR count). The van der Waals surface area contributed by atoms with E-state index in [1.807, 2.05) is 36.4 Å². The fraction of sp³-hybridized carbons (Fsp3) is 0.0476. The normalized spacial score (nSPS) is 14.2. The smallest absolute Gasteiger partial charge is 0.231 e. The number of fused-ring (bicyclic) bond motifs is 1. The van der Waals surface area contributed by atoms with E-state index in [-0.39, 0.29) is 17.3 Å². The third-order valence-corrected chi connectivity index (χ3v) is 3.98. The fourth-order valence-corrected chi connectivity index (χ4v) is 2.69. The van der Waals surface area contributed by atoms with Crippen molar-refractivity contribution in [1.29, 1.82) is 0 Å². The van der Waals surface area contributed by atoms with Gasteiger partial charge in [-0.05, 0) is 30.3 Å². The number of phenolic OH excluding ortho intramolecular Hbond substituents is 1. The number of Topliss-reactive ketones (excluding diaryl/α,β-unsaturated/α-hetero) is 1. The summed E-state index contributed by atoms with van der Waals surface area (Å²) in [6, 6.07) is 15.6. The van der Waals surface area contributed by atoms with Gasteiger partial charge >= 0.3 is 0 Å². The highest BCUT2D eigenvalue weighted by molar-refractivity contribution is 6.14. The second-order valence-corrected chi connectivity index (χ2v) is 5.81. The van der Waals surface area contributed by atoms with Crippen LogP contribution in [0.3, 0.4) is 0 Å². The van der Waals surface area contributed by atoms with Crippen molar-refractivity contribution in [1.82, 2.24) is 4.98 Å². The molecular formula is C21H15NO4. The third kappa shape index (κ3) is 3.15. The standard InChI is InChI=1S/C21H15NO4/c23-16-7-8-17-19(11-16)26-20(21(17)24)10-15-5-1-2-6-18(15)25-13-14-4-3-9-22-12-14/h1-12,23H,13H2/b20-10-. The van der Waals surface area contributed by atoms with E-state index in [0.29, 0.717) is 23.7 Å². The number of carbonyl (C=O) groups excluding carboxylic acids is 1. The van der Waals surface area contributed by atoms with Gasteiger partial charge in [-0.1, -0.05) is 24.3 Å². The van der Waals surface area contributed by atoms with Crippen LogP contribution in [-0.4, -0.2) is 15.9 Å². The molecule has 1 N–H and O–H groups in total. The molecule has 1 aliphatic rings. The van der Waals surface area contributed by atoms with Crippen molar-refractivity contribution < 1.29 is 19.4 Å². The van der Waals surface area contributed by atoms with Crippen LogP contribution in [-0.2, 0) is 6.61 Å². The number of nitrogens with zero attached hydrogens (tertiary/aromatic N) is 1. The predicted molar refractivity (Wildman–Crippen MR) is 96.1 cm³/mol. The number of phenols is 1. The topological polar surface area (TPSA) is 68.7 Å². The van der Waals surface area contributed by atoms with Crippen LogP contribution in [0.4, 0.5) is 0 Å². The second-order valence-electron chi connectivity index (χ2n) is 5.81. The van der Waals surface area contributed by atoms with Crippen LogP contribution in [0.1, 0.15) is 21.5 Å². The first kappa shape index (κ1) is 15.9. The zero-order chi connectivity index (χ0) is 17.9. The average molecular weight is 345 g/mol. The van der Waals surface area contributed by atoms with E-state index in [2.05, 4.69) is 4.98 Å². The minimum absolute atomic E-state index is 0.0537. The summed E-state index contributed by atoms with van der Waals surface area (Å²) < 4.78 is 11.5. The highest BCUT2D eigenvalue weighted by Crippen LogP contribution is 2.35. The molecule has 0 amide bonds. The molecule has 0 aliphatic carbocycles. The van der Waals surface area contributed by atoms with Crippen LogP contribution in [0.2, 0.25) is 0 Å². The quantitative estimate of drug-likeness (QED) is 0.724. The van der Waals surface area contributed by atoms with Gasteiger partial charge in [0.1, 0.15) is 23.9 Å². The van der Waals surface area contributed by atoms with Crippen LogP contribution in [0.25, 0.3) is 6.08 Å². The maximum absolute atomic E-state index is 12.5. The van der Waals surface area contributed by atoms with Gasteiger partial charge in [-0.15, -0.1) is 0 Å². The molecule has 2 aromatic carbocycles. The molecule has 0 saturated heterocycles. The summed E-state index contributed by atoms with van der Waals surface area (Å²) >= 11 is 0. The highest BCUT2D eigenvalue weighted by atomic mass is 16.5. The van der Waals surface area contributed by atoms with Crippen molar-refractivity contribution in [2.24, 2.45) is 0 Å². The van der Waals surface area contributed by atoms with Crippen molar-refractivity contribution in [2.45, 2.75) is 6.61 Å². The summed E-state index contributed by atoms with van der Waals surface area (Å²) in [6.45, 7) is 0.372. The molecule has 0 bridgehead atoms. The maximum Gasteiger partial charge on any atom is 0.231 e. The van der Waals surface area contributed by atoms with Crippen molar-refractivity contribution in [3.63, 3.8) is 0 Å². The van der Waals surface area contributed by atoms with E-state index in [0.717, 1.165) is 11.1 Å². The minimum atomic E-state index is -0.220.